The van der Waals surface area contributed by atoms with Crippen molar-refractivity contribution in [2.75, 3.05) is 14.2 Å². The normalized spacial score (nSPS) is 18.0. The third-order valence-electron chi connectivity index (χ3n) is 5.69. The minimum atomic E-state index is -3.68. The molecule has 6 heteroatoms. The van der Waals surface area contributed by atoms with Crippen LogP contribution in [0.2, 0.25) is 0 Å². The summed E-state index contributed by atoms with van der Waals surface area (Å²) in [6.07, 6.45) is 4.53. The largest absolute Gasteiger partial charge is 0.493 e. The summed E-state index contributed by atoms with van der Waals surface area (Å²) < 4.78 is 33.9. The van der Waals surface area contributed by atoms with Crippen LogP contribution < -0.4 is 14.6 Å². The van der Waals surface area contributed by atoms with Crippen LogP contribution in [0.1, 0.15) is 36.8 Å². The van der Waals surface area contributed by atoms with Crippen LogP contribution in [-0.4, -0.2) is 22.6 Å². The van der Waals surface area contributed by atoms with Crippen molar-refractivity contribution in [2.24, 2.45) is 10.6 Å². The number of methoxy groups -OCH3 is 2. The smallest absolute Gasteiger partial charge is 0.238 e. The predicted octanol–water partition coefficient (Wildman–Crippen LogP) is 3.84. The molecule has 5 nitrogen and oxygen atoms in total. The first kappa shape index (κ1) is 18.1. The minimum Gasteiger partial charge on any atom is -0.493 e. The Bertz CT molecular complexity index is 1020. The Labute approximate surface area is 159 Å². The van der Waals surface area contributed by atoms with E-state index < -0.39 is 10.0 Å². The van der Waals surface area contributed by atoms with E-state index in [1.165, 1.54) is 24.0 Å². The van der Waals surface area contributed by atoms with Crippen LogP contribution in [0.3, 0.4) is 0 Å². The van der Waals surface area contributed by atoms with Gasteiger partial charge in [0.1, 0.15) is 0 Å². The van der Waals surface area contributed by atoms with Crippen molar-refractivity contribution >= 4 is 21.2 Å². The van der Waals surface area contributed by atoms with Gasteiger partial charge in [0.25, 0.3) is 0 Å². The van der Waals surface area contributed by atoms with Crippen LogP contribution in [0, 0.1) is 5.41 Å². The van der Waals surface area contributed by atoms with Gasteiger partial charge in [-0.2, -0.15) is 0 Å². The standard InChI is InChI=1S/C21H23NO4S/c1-25-19-8-5-15(11-20(19)26-2)18-13-21(9-10-21)12-17(18)14-3-6-16(7-4-14)27(22,23)24/h3-8,11H,9-10,12-13H2,1-2H3,(H2,22,23,24). The fourth-order valence-corrected chi connectivity index (χ4v) is 4.49. The lowest BCUT2D eigenvalue weighted by Crippen LogP contribution is -2.11. The molecule has 1 fully saturated rings. The number of primary sulfonamides is 1. The van der Waals surface area contributed by atoms with Gasteiger partial charge in [-0.3, -0.25) is 0 Å². The lowest BCUT2D eigenvalue weighted by Gasteiger charge is -2.12. The molecule has 0 bridgehead atoms. The molecule has 0 aliphatic heterocycles. The molecule has 1 spiro atoms. The topological polar surface area (TPSA) is 78.6 Å². The molecule has 0 aromatic heterocycles. The van der Waals surface area contributed by atoms with E-state index in [1.54, 1.807) is 26.4 Å². The number of nitrogens with two attached hydrogens (primary N) is 1. The summed E-state index contributed by atoms with van der Waals surface area (Å²) in [6, 6.07) is 12.9. The molecular weight excluding hydrogens is 362 g/mol. The summed E-state index contributed by atoms with van der Waals surface area (Å²) in [6.45, 7) is 0. The SMILES string of the molecule is COc1ccc(C2=C(c3ccc(S(N)(=O)=O)cc3)CC3(CC3)C2)cc1OC. The van der Waals surface area contributed by atoms with E-state index in [4.69, 9.17) is 14.6 Å². The highest BCUT2D eigenvalue weighted by molar-refractivity contribution is 7.89. The number of sulfonamides is 1. The van der Waals surface area contributed by atoms with Crippen LogP contribution in [0.4, 0.5) is 0 Å². The Hall–Kier alpha value is -2.31. The third kappa shape index (κ3) is 3.35. The van der Waals surface area contributed by atoms with Gasteiger partial charge < -0.3 is 9.47 Å². The quantitative estimate of drug-likeness (QED) is 0.848. The Balaban J connectivity index is 1.78. The van der Waals surface area contributed by atoms with Gasteiger partial charge >= 0.3 is 0 Å². The monoisotopic (exact) mass is 385 g/mol. The van der Waals surface area contributed by atoms with Gasteiger partial charge in [-0.1, -0.05) is 18.2 Å². The third-order valence-corrected chi connectivity index (χ3v) is 6.62. The highest BCUT2D eigenvalue weighted by atomic mass is 32.2. The zero-order valence-electron chi connectivity index (χ0n) is 15.5. The van der Waals surface area contributed by atoms with E-state index in [2.05, 4.69) is 6.07 Å². The Morgan fingerprint density at radius 1 is 0.852 bits per heavy atom. The van der Waals surface area contributed by atoms with Crippen molar-refractivity contribution in [3.05, 3.63) is 53.6 Å². The van der Waals surface area contributed by atoms with E-state index in [0.717, 1.165) is 24.0 Å². The van der Waals surface area contributed by atoms with Gasteiger partial charge in [0.15, 0.2) is 11.5 Å². The molecule has 0 saturated heterocycles. The molecule has 2 aliphatic rings. The number of hydrogen-bond donors (Lipinski definition) is 1. The van der Waals surface area contributed by atoms with Crippen LogP contribution in [0.15, 0.2) is 47.4 Å². The van der Waals surface area contributed by atoms with E-state index in [0.29, 0.717) is 16.9 Å². The van der Waals surface area contributed by atoms with Gasteiger partial charge in [-0.05, 0) is 77.6 Å². The van der Waals surface area contributed by atoms with Crippen molar-refractivity contribution in [1.82, 2.24) is 0 Å². The van der Waals surface area contributed by atoms with Gasteiger partial charge in [0, 0.05) is 0 Å². The molecule has 0 heterocycles. The zero-order chi connectivity index (χ0) is 19.2. The Kier molecular flexibility index (Phi) is 4.28. The van der Waals surface area contributed by atoms with Crippen molar-refractivity contribution in [2.45, 2.75) is 30.6 Å². The summed E-state index contributed by atoms with van der Waals surface area (Å²) >= 11 is 0. The molecule has 2 N–H and O–H groups in total. The fraction of sp³-hybridized carbons (Fsp3) is 0.333. The second-order valence-corrected chi connectivity index (χ2v) is 9.01. The molecule has 2 aromatic rings. The molecule has 1 saturated carbocycles. The maximum absolute atomic E-state index is 11.5. The van der Waals surface area contributed by atoms with E-state index in [9.17, 15) is 8.42 Å². The van der Waals surface area contributed by atoms with E-state index in [-0.39, 0.29) is 4.90 Å². The van der Waals surface area contributed by atoms with Gasteiger partial charge in [0.05, 0.1) is 19.1 Å². The summed E-state index contributed by atoms with van der Waals surface area (Å²) in [5.74, 6) is 1.42. The molecule has 2 aliphatic carbocycles. The van der Waals surface area contributed by atoms with Crippen molar-refractivity contribution in [3.63, 3.8) is 0 Å². The maximum Gasteiger partial charge on any atom is 0.238 e. The van der Waals surface area contributed by atoms with Crippen LogP contribution in [-0.2, 0) is 10.0 Å². The zero-order valence-corrected chi connectivity index (χ0v) is 16.3. The van der Waals surface area contributed by atoms with E-state index >= 15 is 0 Å². The first-order chi connectivity index (χ1) is 12.8. The summed E-state index contributed by atoms with van der Waals surface area (Å²) in [7, 11) is -0.415. The average molecular weight is 385 g/mol. The predicted molar refractivity (Wildman–Crippen MR) is 105 cm³/mol. The first-order valence-corrected chi connectivity index (χ1v) is 10.5. The first-order valence-electron chi connectivity index (χ1n) is 8.93. The molecule has 142 valence electrons. The van der Waals surface area contributed by atoms with E-state index in [1.807, 2.05) is 24.3 Å². The molecular formula is C21H23NO4S. The summed E-state index contributed by atoms with van der Waals surface area (Å²) in [5.41, 5.74) is 5.13. The Morgan fingerprint density at radius 3 is 1.93 bits per heavy atom. The second-order valence-electron chi connectivity index (χ2n) is 7.45. The van der Waals surface area contributed by atoms with Crippen LogP contribution in [0.5, 0.6) is 11.5 Å². The van der Waals surface area contributed by atoms with Crippen LogP contribution >= 0.6 is 0 Å². The molecule has 0 radical (unpaired) electrons. The van der Waals surface area contributed by atoms with Crippen molar-refractivity contribution in [3.8, 4) is 11.5 Å². The average Bonchev–Trinajstić information content (AvgIpc) is 3.31. The molecule has 2 aromatic carbocycles. The second kappa shape index (κ2) is 6.39. The lowest BCUT2D eigenvalue weighted by molar-refractivity contribution is 0.355. The highest BCUT2D eigenvalue weighted by Crippen LogP contribution is 2.63. The number of hydrogen-bond acceptors (Lipinski definition) is 4. The fourth-order valence-electron chi connectivity index (χ4n) is 3.98. The van der Waals surface area contributed by atoms with Gasteiger partial charge in [-0.15, -0.1) is 0 Å². The molecule has 0 atom stereocenters. The number of rotatable bonds is 5. The molecule has 0 unspecified atom stereocenters. The summed E-state index contributed by atoms with van der Waals surface area (Å²) in [4.78, 5) is 0.138. The number of allylic oxidation sites excluding steroid dienone is 2. The van der Waals surface area contributed by atoms with Gasteiger partial charge in [-0.25, -0.2) is 13.6 Å². The number of benzene rings is 2. The molecule has 0 amide bonds. The van der Waals surface area contributed by atoms with Crippen LogP contribution in [0.25, 0.3) is 11.1 Å². The minimum absolute atomic E-state index is 0.138. The Morgan fingerprint density at radius 2 is 1.41 bits per heavy atom. The number of ether oxygens (including phenoxy) is 2. The molecule has 27 heavy (non-hydrogen) atoms. The summed E-state index contributed by atoms with van der Waals surface area (Å²) in [5, 5.41) is 5.23. The highest BCUT2D eigenvalue weighted by Gasteiger charge is 2.48. The van der Waals surface area contributed by atoms with Gasteiger partial charge in [0.2, 0.25) is 10.0 Å². The molecule has 4 rings (SSSR count). The maximum atomic E-state index is 11.5. The van der Waals surface area contributed by atoms with Crippen molar-refractivity contribution in [1.29, 1.82) is 0 Å². The van der Waals surface area contributed by atoms with Crippen molar-refractivity contribution < 1.29 is 17.9 Å². The lowest BCUT2D eigenvalue weighted by atomic mass is 9.97.